The molecule has 4 heteroatoms. The molecule has 0 spiro atoms. The lowest BCUT2D eigenvalue weighted by atomic mass is 9.88. The van der Waals surface area contributed by atoms with Gasteiger partial charge in [0.15, 0.2) is 0 Å². The Labute approximate surface area is 155 Å². The van der Waals surface area contributed by atoms with Gasteiger partial charge in [-0.2, -0.15) is 0 Å². The van der Waals surface area contributed by atoms with E-state index in [2.05, 4.69) is 24.3 Å². The van der Waals surface area contributed by atoms with Crippen LogP contribution in [0.5, 0.6) is 5.75 Å². The molecule has 138 valence electrons. The van der Waals surface area contributed by atoms with E-state index in [0.717, 1.165) is 16.9 Å². The molecule has 0 N–H and O–H groups in total. The van der Waals surface area contributed by atoms with Crippen molar-refractivity contribution in [3.63, 3.8) is 0 Å². The van der Waals surface area contributed by atoms with E-state index in [1.807, 2.05) is 49.1 Å². The summed E-state index contributed by atoms with van der Waals surface area (Å²) >= 11 is 0. The molecule has 1 aliphatic heterocycles. The van der Waals surface area contributed by atoms with Crippen LogP contribution in [0.4, 0.5) is 0 Å². The SMILES string of the molecule is CC(C)Oc1ccc(C(CC(=O)N2CCOCC2)c2ccccc2)cc1. The summed E-state index contributed by atoms with van der Waals surface area (Å²) in [6, 6.07) is 18.4. The minimum absolute atomic E-state index is 0.0413. The minimum atomic E-state index is 0.0413. The number of carbonyl (C=O) groups excluding carboxylic acids is 1. The third-order valence-electron chi connectivity index (χ3n) is 4.60. The summed E-state index contributed by atoms with van der Waals surface area (Å²) in [5.74, 6) is 1.08. The van der Waals surface area contributed by atoms with E-state index in [1.165, 1.54) is 0 Å². The quantitative estimate of drug-likeness (QED) is 0.792. The van der Waals surface area contributed by atoms with E-state index >= 15 is 0 Å². The van der Waals surface area contributed by atoms with Crippen LogP contribution >= 0.6 is 0 Å². The maximum atomic E-state index is 12.8. The second kappa shape index (κ2) is 8.86. The van der Waals surface area contributed by atoms with Gasteiger partial charge in [-0.3, -0.25) is 4.79 Å². The largest absolute Gasteiger partial charge is 0.491 e. The van der Waals surface area contributed by atoms with Crippen LogP contribution in [0.1, 0.15) is 37.3 Å². The van der Waals surface area contributed by atoms with E-state index in [-0.39, 0.29) is 17.9 Å². The van der Waals surface area contributed by atoms with Crippen molar-refractivity contribution in [3.8, 4) is 5.75 Å². The number of rotatable bonds is 6. The molecule has 1 heterocycles. The Morgan fingerprint density at radius 3 is 2.23 bits per heavy atom. The highest BCUT2D eigenvalue weighted by atomic mass is 16.5. The molecule has 2 aromatic carbocycles. The Bertz CT molecular complexity index is 691. The maximum absolute atomic E-state index is 12.8. The van der Waals surface area contributed by atoms with Crippen LogP contribution in [0.3, 0.4) is 0 Å². The number of benzene rings is 2. The number of amides is 1. The van der Waals surface area contributed by atoms with Crippen LogP contribution in [0, 0.1) is 0 Å². The van der Waals surface area contributed by atoms with Crippen molar-refractivity contribution in [2.45, 2.75) is 32.3 Å². The minimum Gasteiger partial charge on any atom is -0.491 e. The standard InChI is InChI=1S/C22H27NO3/c1-17(2)26-20-10-8-19(9-11-20)21(18-6-4-3-5-7-18)16-22(24)23-12-14-25-15-13-23/h3-11,17,21H,12-16H2,1-2H3. The Kier molecular flexibility index (Phi) is 6.29. The molecule has 2 aromatic rings. The molecule has 1 aliphatic rings. The average Bonchev–Trinajstić information content (AvgIpc) is 2.67. The van der Waals surface area contributed by atoms with Gasteiger partial charge in [0, 0.05) is 25.4 Å². The summed E-state index contributed by atoms with van der Waals surface area (Å²) in [6.07, 6.45) is 0.614. The van der Waals surface area contributed by atoms with E-state index < -0.39 is 0 Å². The fraction of sp³-hybridized carbons (Fsp3) is 0.409. The van der Waals surface area contributed by atoms with Crippen LogP contribution in [-0.4, -0.2) is 43.2 Å². The molecule has 0 aromatic heterocycles. The molecule has 1 atom stereocenters. The molecule has 1 unspecified atom stereocenters. The smallest absolute Gasteiger partial charge is 0.223 e. The first-order valence-corrected chi connectivity index (χ1v) is 9.30. The topological polar surface area (TPSA) is 38.8 Å². The molecular formula is C22H27NO3. The number of nitrogens with zero attached hydrogens (tertiary/aromatic N) is 1. The van der Waals surface area contributed by atoms with Gasteiger partial charge >= 0.3 is 0 Å². The van der Waals surface area contributed by atoms with Crippen LogP contribution in [-0.2, 0) is 9.53 Å². The fourth-order valence-electron chi connectivity index (χ4n) is 3.28. The van der Waals surface area contributed by atoms with Crippen molar-refractivity contribution >= 4 is 5.91 Å². The van der Waals surface area contributed by atoms with Crippen LogP contribution < -0.4 is 4.74 Å². The monoisotopic (exact) mass is 353 g/mol. The number of morpholine rings is 1. The number of hydrogen-bond acceptors (Lipinski definition) is 3. The summed E-state index contributed by atoms with van der Waals surface area (Å²) in [7, 11) is 0. The summed E-state index contributed by atoms with van der Waals surface area (Å²) in [4.78, 5) is 14.7. The second-order valence-corrected chi connectivity index (χ2v) is 6.90. The lowest BCUT2D eigenvalue weighted by molar-refractivity contribution is -0.135. The Balaban J connectivity index is 1.80. The van der Waals surface area contributed by atoms with Crippen molar-refractivity contribution in [1.29, 1.82) is 0 Å². The molecule has 0 saturated carbocycles. The maximum Gasteiger partial charge on any atom is 0.223 e. The Hall–Kier alpha value is -2.33. The van der Waals surface area contributed by atoms with Crippen molar-refractivity contribution in [2.75, 3.05) is 26.3 Å². The Morgan fingerprint density at radius 1 is 1.00 bits per heavy atom. The van der Waals surface area contributed by atoms with E-state index in [0.29, 0.717) is 32.7 Å². The van der Waals surface area contributed by atoms with Crippen molar-refractivity contribution < 1.29 is 14.3 Å². The first-order chi connectivity index (χ1) is 12.6. The zero-order valence-electron chi connectivity index (χ0n) is 15.6. The van der Waals surface area contributed by atoms with Crippen molar-refractivity contribution in [1.82, 2.24) is 4.90 Å². The average molecular weight is 353 g/mol. The van der Waals surface area contributed by atoms with Gasteiger partial charge in [0.1, 0.15) is 5.75 Å². The molecule has 0 aliphatic carbocycles. The lowest BCUT2D eigenvalue weighted by Crippen LogP contribution is -2.41. The van der Waals surface area contributed by atoms with Gasteiger partial charge in [-0.1, -0.05) is 42.5 Å². The molecule has 4 nitrogen and oxygen atoms in total. The Morgan fingerprint density at radius 2 is 1.62 bits per heavy atom. The molecule has 0 bridgehead atoms. The van der Waals surface area contributed by atoms with Gasteiger partial charge in [0.2, 0.25) is 5.91 Å². The third-order valence-corrected chi connectivity index (χ3v) is 4.60. The summed E-state index contributed by atoms with van der Waals surface area (Å²) in [5.41, 5.74) is 2.29. The zero-order chi connectivity index (χ0) is 18.4. The van der Waals surface area contributed by atoms with Crippen molar-refractivity contribution in [2.24, 2.45) is 0 Å². The third kappa shape index (κ3) is 4.85. The van der Waals surface area contributed by atoms with E-state index in [1.54, 1.807) is 0 Å². The van der Waals surface area contributed by atoms with Gasteiger partial charge in [0.05, 0.1) is 19.3 Å². The highest BCUT2D eigenvalue weighted by Crippen LogP contribution is 2.30. The predicted molar refractivity (Wildman–Crippen MR) is 103 cm³/mol. The first kappa shape index (κ1) is 18.5. The molecule has 1 amide bonds. The molecule has 26 heavy (non-hydrogen) atoms. The van der Waals surface area contributed by atoms with Gasteiger partial charge in [-0.05, 0) is 37.1 Å². The molecule has 3 rings (SSSR count). The summed E-state index contributed by atoms with van der Waals surface area (Å²) in [5, 5.41) is 0. The van der Waals surface area contributed by atoms with Gasteiger partial charge in [-0.25, -0.2) is 0 Å². The van der Waals surface area contributed by atoms with E-state index in [9.17, 15) is 4.79 Å². The molecule has 0 radical (unpaired) electrons. The van der Waals surface area contributed by atoms with Crippen LogP contribution in [0.2, 0.25) is 0 Å². The van der Waals surface area contributed by atoms with Gasteiger partial charge in [0.25, 0.3) is 0 Å². The number of hydrogen-bond donors (Lipinski definition) is 0. The lowest BCUT2D eigenvalue weighted by Gasteiger charge is -2.29. The highest BCUT2D eigenvalue weighted by molar-refractivity contribution is 5.78. The van der Waals surface area contributed by atoms with Crippen molar-refractivity contribution in [3.05, 3.63) is 65.7 Å². The van der Waals surface area contributed by atoms with Gasteiger partial charge in [-0.15, -0.1) is 0 Å². The van der Waals surface area contributed by atoms with E-state index in [4.69, 9.17) is 9.47 Å². The molecule has 1 fully saturated rings. The fourth-order valence-corrected chi connectivity index (χ4v) is 3.28. The molecule has 1 saturated heterocycles. The summed E-state index contributed by atoms with van der Waals surface area (Å²) in [6.45, 7) is 6.65. The first-order valence-electron chi connectivity index (χ1n) is 9.30. The van der Waals surface area contributed by atoms with Gasteiger partial charge < -0.3 is 14.4 Å². The van der Waals surface area contributed by atoms with Crippen LogP contribution in [0.25, 0.3) is 0 Å². The normalized spacial score (nSPS) is 15.7. The summed E-state index contributed by atoms with van der Waals surface area (Å²) < 4.78 is 11.1. The molecular weight excluding hydrogens is 326 g/mol. The van der Waals surface area contributed by atoms with Crippen LogP contribution in [0.15, 0.2) is 54.6 Å². The predicted octanol–water partition coefficient (Wildman–Crippen LogP) is 3.85. The second-order valence-electron chi connectivity index (χ2n) is 6.90. The highest BCUT2D eigenvalue weighted by Gasteiger charge is 2.23. The number of carbonyl (C=O) groups is 1. The number of ether oxygens (including phenoxy) is 2. The zero-order valence-corrected chi connectivity index (χ0v) is 15.6.